The van der Waals surface area contributed by atoms with E-state index in [1.165, 1.54) is 16.7 Å². The highest BCUT2D eigenvalue weighted by atomic mass is 35.5. The van der Waals surface area contributed by atoms with Crippen molar-refractivity contribution in [1.29, 1.82) is 0 Å². The molecule has 0 spiro atoms. The first kappa shape index (κ1) is 11.2. The lowest BCUT2D eigenvalue weighted by atomic mass is 10.0. The van der Waals surface area contributed by atoms with E-state index in [1.807, 2.05) is 24.3 Å². The first-order valence-corrected chi connectivity index (χ1v) is 5.77. The lowest BCUT2D eigenvalue weighted by Crippen LogP contribution is -1.91. The third kappa shape index (κ3) is 2.86. The fraction of sp³-hybridized carbons (Fsp3) is 0.133. The van der Waals surface area contributed by atoms with Crippen LogP contribution in [0.2, 0.25) is 5.02 Å². The van der Waals surface area contributed by atoms with Gasteiger partial charge in [0.05, 0.1) is 0 Å². The SMILES string of the molecule is Cc1ccccc1C[CH]c1ccc(Cl)cc1. The van der Waals surface area contributed by atoms with Gasteiger partial charge in [-0.1, -0.05) is 48.0 Å². The van der Waals surface area contributed by atoms with Crippen molar-refractivity contribution in [1.82, 2.24) is 0 Å². The summed E-state index contributed by atoms with van der Waals surface area (Å²) in [5.74, 6) is 0. The number of rotatable bonds is 3. The molecule has 2 rings (SSSR count). The van der Waals surface area contributed by atoms with Gasteiger partial charge < -0.3 is 0 Å². The molecule has 0 amide bonds. The molecule has 1 heteroatoms. The van der Waals surface area contributed by atoms with Gasteiger partial charge in [0.25, 0.3) is 0 Å². The third-order valence-corrected chi connectivity index (χ3v) is 2.94. The van der Waals surface area contributed by atoms with Crippen molar-refractivity contribution in [3.05, 3.63) is 76.7 Å². The van der Waals surface area contributed by atoms with E-state index < -0.39 is 0 Å². The lowest BCUT2D eigenvalue weighted by Gasteiger charge is -2.05. The van der Waals surface area contributed by atoms with E-state index >= 15 is 0 Å². The van der Waals surface area contributed by atoms with Crippen LogP contribution in [0.5, 0.6) is 0 Å². The zero-order valence-corrected chi connectivity index (χ0v) is 10.0. The second-order valence-corrected chi connectivity index (χ2v) is 4.32. The van der Waals surface area contributed by atoms with Crippen molar-refractivity contribution in [3.63, 3.8) is 0 Å². The molecule has 1 radical (unpaired) electrons. The summed E-state index contributed by atoms with van der Waals surface area (Å²) in [6.07, 6.45) is 3.19. The van der Waals surface area contributed by atoms with Gasteiger partial charge in [-0.2, -0.15) is 0 Å². The molecule has 0 aliphatic carbocycles. The number of halogens is 1. The molecule has 0 bridgehead atoms. The van der Waals surface area contributed by atoms with Crippen molar-refractivity contribution in [3.8, 4) is 0 Å². The van der Waals surface area contributed by atoms with Gasteiger partial charge >= 0.3 is 0 Å². The highest BCUT2D eigenvalue weighted by Crippen LogP contribution is 2.15. The van der Waals surface area contributed by atoms with Crippen molar-refractivity contribution in [2.24, 2.45) is 0 Å². The molecular weight excluding hydrogens is 216 g/mol. The number of aryl methyl sites for hydroxylation is 1. The van der Waals surface area contributed by atoms with Crippen LogP contribution in [0.1, 0.15) is 16.7 Å². The summed E-state index contributed by atoms with van der Waals surface area (Å²) in [7, 11) is 0. The number of benzene rings is 2. The van der Waals surface area contributed by atoms with Gasteiger partial charge in [-0.05, 0) is 48.6 Å². The number of hydrogen-bond donors (Lipinski definition) is 0. The minimum atomic E-state index is 0.785. The fourth-order valence-electron chi connectivity index (χ4n) is 1.67. The zero-order valence-electron chi connectivity index (χ0n) is 9.28. The Kier molecular flexibility index (Phi) is 3.63. The normalized spacial score (nSPS) is 10.4. The standard InChI is InChI=1S/C15H14Cl/c1-12-4-2-3-5-14(12)9-6-13-7-10-15(16)11-8-13/h2-8,10-11H,9H2,1H3. The van der Waals surface area contributed by atoms with Gasteiger partial charge in [0.15, 0.2) is 0 Å². The van der Waals surface area contributed by atoms with E-state index in [0.29, 0.717) is 0 Å². The third-order valence-electron chi connectivity index (χ3n) is 2.69. The summed E-state index contributed by atoms with van der Waals surface area (Å²) < 4.78 is 0. The molecule has 0 saturated carbocycles. The van der Waals surface area contributed by atoms with Crippen LogP contribution in [-0.2, 0) is 6.42 Å². The molecule has 0 unspecified atom stereocenters. The van der Waals surface area contributed by atoms with Crippen molar-refractivity contribution in [2.75, 3.05) is 0 Å². The van der Waals surface area contributed by atoms with E-state index in [4.69, 9.17) is 11.6 Å². The van der Waals surface area contributed by atoms with E-state index in [2.05, 4.69) is 37.6 Å². The minimum Gasteiger partial charge on any atom is -0.0843 e. The van der Waals surface area contributed by atoms with Gasteiger partial charge in [-0.25, -0.2) is 0 Å². The fourth-order valence-corrected chi connectivity index (χ4v) is 1.79. The molecule has 0 fully saturated rings. The van der Waals surface area contributed by atoms with Crippen LogP contribution >= 0.6 is 11.6 Å². The monoisotopic (exact) mass is 229 g/mol. The van der Waals surface area contributed by atoms with Crippen molar-refractivity contribution in [2.45, 2.75) is 13.3 Å². The maximum Gasteiger partial charge on any atom is 0.0406 e. The van der Waals surface area contributed by atoms with Crippen LogP contribution in [0.3, 0.4) is 0 Å². The summed E-state index contributed by atoms with van der Waals surface area (Å²) in [6.45, 7) is 2.14. The first-order valence-electron chi connectivity index (χ1n) is 5.39. The van der Waals surface area contributed by atoms with E-state index in [9.17, 15) is 0 Å². The first-order chi connectivity index (χ1) is 7.75. The van der Waals surface area contributed by atoms with E-state index in [1.54, 1.807) is 0 Å². The van der Waals surface area contributed by atoms with Gasteiger partial charge in [-0.3, -0.25) is 0 Å². The Morgan fingerprint density at radius 2 is 1.69 bits per heavy atom. The maximum atomic E-state index is 5.84. The van der Waals surface area contributed by atoms with Gasteiger partial charge in [0, 0.05) is 5.02 Å². The van der Waals surface area contributed by atoms with Crippen LogP contribution in [0.15, 0.2) is 48.5 Å². The number of hydrogen-bond acceptors (Lipinski definition) is 0. The van der Waals surface area contributed by atoms with E-state index in [0.717, 1.165) is 11.4 Å². The average molecular weight is 230 g/mol. The van der Waals surface area contributed by atoms with Crippen LogP contribution in [0, 0.1) is 13.3 Å². The topological polar surface area (TPSA) is 0 Å². The molecule has 2 aromatic rings. The van der Waals surface area contributed by atoms with Gasteiger partial charge in [0.2, 0.25) is 0 Å². The lowest BCUT2D eigenvalue weighted by molar-refractivity contribution is 1.13. The summed E-state index contributed by atoms with van der Waals surface area (Å²) in [5, 5.41) is 0.785. The summed E-state index contributed by atoms with van der Waals surface area (Å²) >= 11 is 5.84. The summed E-state index contributed by atoms with van der Waals surface area (Å²) in [5.41, 5.74) is 3.93. The molecule has 2 aromatic carbocycles. The minimum absolute atomic E-state index is 0.785. The highest BCUT2D eigenvalue weighted by Gasteiger charge is 1.98. The molecule has 0 aromatic heterocycles. The Bertz CT molecular complexity index is 457. The second-order valence-electron chi connectivity index (χ2n) is 3.89. The molecule has 0 aliphatic rings. The van der Waals surface area contributed by atoms with Crippen LogP contribution in [-0.4, -0.2) is 0 Å². The second kappa shape index (κ2) is 5.18. The average Bonchev–Trinajstić information content (AvgIpc) is 2.30. The predicted molar refractivity (Wildman–Crippen MR) is 69.7 cm³/mol. The van der Waals surface area contributed by atoms with Crippen molar-refractivity contribution >= 4 is 11.6 Å². The molecule has 0 nitrogen and oxygen atoms in total. The molecule has 0 saturated heterocycles. The van der Waals surface area contributed by atoms with Crippen molar-refractivity contribution < 1.29 is 0 Å². The maximum absolute atomic E-state index is 5.84. The van der Waals surface area contributed by atoms with Crippen LogP contribution in [0.25, 0.3) is 0 Å². The smallest absolute Gasteiger partial charge is 0.0406 e. The highest BCUT2D eigenvalue weighted by molar-refractivity contribution is 6.30. The Morgan fingerprint density at radius 3 is 2.38 bits per heavy atom. The molecule has 0 N–H and O–H groups in total. The largest absolute Gasteiger partial charge is 0.0843 e. The van der Waals surface area contributed by atoms with Gasteiger partial charge in [0.1, 0.15) is 0 Å². The Hall–Kier alpha value is -1.27. The molecule has 0 atom stereocenters. The summed E-state index contributed by atoms with van der Waals surface area (Å²) in [6, 6.07) is 16.4. The molecule has 16 heavy (non-hydrogen) atoms. The van der Waals surface area contributed by atoms with Crippen LogP contribution in [0.4, 0.5) is 0 Å². The quantitative estimate of drug-likeness (QED) is 0.730. The predicted octanol–water partition coefficient (Wildman–Crippen LogP) is 4.44. The Labute approximate surface area is 102 Å². The summed E-state index contributed by atoms with van der Waals surface area (Å²) in [4.78, 5) is 0. The Balaban J connectivity index is 2.02. The zero-order chi connectivity index (χ0) is 11.4. The molecule has 0 heterocycles. The van der Waals surface area contributed by atoms with Gasteiger partial charge in [-0.15, -0.1) is 0 Å². The molecule has 81 valence electrons. The Morgan fingerprint density at radius 1 is 1.00 bits per heavy atom. The molecular formula is C15H14Cl. The molecule has 0 aliphatic heterocycles. The van der Waals surface area contributed by atoms with E-state index in [-0.39, 0.29) is 0 Å². The van der Waals surface area contributed by atoms with Crippen LogP contribution < -0.4 is 0 Å².